The van der Waals surface area contributed by atoms with E-state index in [0.717, 1.165) is 22.9 Å². The van der Waals surface area contributed by atoms with Crippen LogP contribution in [0.5, 0.6) is 0 Å². The van der Waals surface area contributed by atoms with Crippen LogP contribution in [-0.2, 0) is 20.0 Å². The molecule has 1 atom stereocenters. The molecule has 0 aromatic carbocycles. The summed E-state index contributed by atoms with van der Waals surface area (Å²) < 4.78 is 1.74. The smallest absolute Gasteiger partial charge is 0.255 e. The highest BCUT2D eigenvalue weighted by molar-refractivity contribution is 5.94. The van der Waals surface area contributed by atoms with E-state index in [1.807, 2.05) is 14.0 Å². The minimum absolute atomic E-state index is 0.0330. The third-order valence-corrected chi connectivity index (χ3v) is 4.69. The normalized spacial score (nSPS) is 14.5. The lowest BCUT2D eigenvalue weighted by Crippen LogP contribution is -2.37. The number of amides is 1. The number of aryl methyl sites for hydroxylation is 1. The van der Waals surface area contributed by atoms with Crippen LogP contribution in [0, 0.1) is 0 Å². The molecule has 0 aliphatic carbocycles. The Morgan fingerprint density at radius 2 is 2.15 bits per heavy atom. The van der Waals surface area contributed by atoms with E-state index in [9.17, 15) is 4.79 Å². The first-order valence-electron chi connectivity index (χ1n) is 8.76. The van der Waals surface area contributed by atoms with Gasteiger partial charge in [0.1, 0.15) is 24.3 Å². The van der Waals surface area contributed by atoms with Crippen LogP contribution in [0.15, 0.2) is 37.2 Å². The topological polar surface area (TPSA) is 102 Å². The number of pyridine rings is 1. The van der Waals surface area contributed by atoms with E-state index >= 15 is 0 Å². The standard InChI is InChI=1S/C18H20N8O/c1-12(17-22-11-23-25(17)2)24-16-14-5-7-26(9-15(14)20-10-21-16)18(27)13-4-3-6-19-8-13/h3-4,6,8,10-12H,5,7,9H2,1-2H3,(H,20,21,24)/t12-/m1/s1. The summed E-state index contributed by atoms with van der Waals surface area (Å²) in [4.78, 5) is 31.6. The second-order valence-corrected chi connectivity index (χ2v) is 6.47. The van der Waals surface area contributed by atoms with E-state index in [0.29, 0.717) is 25.1 Å². The predicted molar refractivity (Wildman–Crippen MR) is 97.8 cm³/mol. The van der Waals surface area contributed by atoms with Gasteiger partial charge in [0.2, 0.25) is 0 Å². The molecule has 4 heterocycles. The summed E-state index contributed by atoms with van der Waals surface area (Å²) in [6, 6.07) is 3.50. The number of nitrogens with zero attached hydrogens (tertiary/aromatic N) is 7. The number of nitrogens with one attached hydrogen (secondary N) is 1. The average molecular weight is 364 g/mol. The van der Waals surface area contributed by atoms with E-state index in [2.05, 4.69) is 30.4 Å². The van der Waals surface area contributed by atoms with Crippen molar-refractivity contribution in [1.82, 2.24) is 34.6 Å². The van der Waals surface area contributed by atoms with Gasteiger partial charge in [-0.05, 0) is 25.5 Å². The number of rotatable bonds is 4. The van der Waals surface area contributed by atoms with Crippen molar-refractivity contribution >= 4 is 11.7 Å². The lowest BCUT2D eigenvalue weighted by Gasteiger charge is -2.29. The Bertz CT molecular complexity index is 955. The van der Waals surface area contributed by atoms with Gasteiger partial charge in [0, 0.05) is 31.5 Å². The van der Waals surface area contributed by atoms with Crippen molar-refractivity contribution in [1.29, 1.82) is 0 Å². The number of hydrogen-bond donors (Lipinski definition) is 1. The zero-order chi connectivity index (χ0) is 18.8. The first-order valence-corrected chi connectivity index (χ1v) is 8.76. The summed E-state index contributed by atoms with van der Waals surface area (Å²) in [5, 5.41) is 7.51. The van der Waals surface area contributed by atoms with Gasteiger partial charge in [0.15, 0.2) is 0 Å². The van der Waals surface area contributed by atoms with Gasteiger partial charge in [0.05, 0.1) is 23.8 Å². The number of carbonyl (C=O) groups excluding carboxylic acids is 1. The first kappa shape index (κ1) is 17.1. The van der Waals surface area contributed by atoms with Gasteiger partial charge in [-0.25, -0.2) is 15.0 Å². The Hall–Kier alpha value is -3.36. The SMILES string of the molecule is C[C@@H](Nc1ncnc2c1CCN(C(=O)c1cccnc1)C2)c1ncnn1C. The number of aromatic nitrogens is 6. The molecule has 1 N–H and O–H groups in total. The van der Waals surface area contributed by atoms with Gasteiger partial charge in [0.25, 0.3) is 5.91 Å². The van der Waals surface area contributed by atoms with Crippen molar-refractivity contribution in [2.75, 3.05) is 11.9 Å². The van der Waals surface area contributed by atoms with Crippen molar-refractivity contribution in [3.8, 4) is 0 Å². The zero-order valence-corrected chi connectivity index (χ0v) is 15.2. The maximum Gasteiger partial charge on any atom is 0.255 e. The van der Waals surface area contributed by atoms with Gasteiger partial charge in [-0.2, -0.15) is 5.10 Å². The first-order chi connectivity index (χ1) is 13.1. The maximum atomic E-state index is 12.7. The molecular formula is C18H20N8O. The molecule has 0 saturated carbocycles. The molecule has 27 heavy (non-hydrogen) atoms. The summed E-state index contributed by atoms with van der Waals surface area (Å²) in [5.41, 5.74) is 2.49. The van der Waals surface area contributed by atoms with Crippen LogP contribution in [0.2, 0.25) is 0 Å². The van der Waals surface area contributed by atoms with Gasteiger partial charge < -0.3 is 10.2 Å². The van der Waals surface area contributed by atoms with Gasteiger partial charge >= 0.3 is 0 Å². The van der Waals surface area contributed by atoms with Gasteiger partial charge in [-0.3, -0.25) is 14.5 Å². The molecular weight excluding hydrogens is 344 g/mol. The quantitative estimate of drug-likeness (QED) is 0.746. The summed E-state index contributed by atoms with van der Waals surface area (Å²) in [6.45, 7) is 3.08. The van der Waals surface area contributed by atoms with E-state index < -0.39 is 0 Å². The van der Waals surface area contributed by atoms with Crippen LogP contribution in [-0.4, -0.2) is 47.1 Å². The summed E-state index contributed by atoms with van der Waals surface area (Å²) in [6.07, 6.45) is 7.00. The fourth-order valence-electron chi connectivity index (χ4n) is 3.29. The van der Waals surface area contributed by atoms with Crippen molar-refractivity contribution < 1.29 is 4.79 Å². The van der Waals surface area contributed by atoms with E-state index in [1.165, 1.54) is 12.7 Å². The van der Waals surface area contributed by atoms with Crippen LogP contribution in [0.25, 0.3) is 0 Å². The Morgan fingerprint density at radius 1 is 1.26 bits per heavy atom. The molecule has 1 aliphatic rings. The van der Waals surface area contributed by atoms with Crippen LogP contribution in [0.1, 0.15) is 40.4 Å². The highest BCUT2D eigenvalue weighted by Crippen LogP contribution is 2.26. The van der Waals surface area contributed by atoms with Crippen molar-refractivity contribution in [3.63, 3.8) is 0 Å². The Morgan fingerprint density at radius 3 is 2.89 bits per heavy atom. The van der Waals surface area contributed by atoms with Crippen molar-refractivity contribution in [2.45, 2.75) is 25.9 Å². The van der Waals surface area contributed by atoms with E-state index in [-0.39, 0.29) is 11.9 Å². The van der Waals surface area contributed by atoms with Gasteiger partial charge in [-0.15, -0.1) is 0 Å². The molecule has 4 rings (SSSR count). The van der Waals surface area contributed by atoms with Crippen molar-refractivity contribution in [2.24, 2.45) is 7.05 Å². The highest BCUT2D eigenvalue weighted by Gasteiger charge is 2.26. The van der Waals surface area contributed by atoms with E-state index in [1.54, 1.807) is 34.1 Å². The summed E-state index contributed by atoms with van der Waals surface area (Å²) in [5.74, 6) is 1.57. The lowest BCUT2D eigenvalue weighted by molar-refractivity contribution is 0.0731. The number of fused-ring (bicyclic) bond motifs is 1. The molecule has 3 aromatic heterocycles. The molecule has 9 heteroatoms. The van der Waals surface area contributed by atoms with Gasteiger partial charge in [-0.1, -0.05) is 0 Å². The van der Waals surface area contributed by atoms with Crippen molar-refractivity contribution in [3.05, 3.63) is 59.8 Å². The third-order valence-electron chi connectivity index (χ3n) is 4.69. The Balaban J connectivity index is 1.53. The third kappa shape index (κ3) is 3.35. The molecule has 3 aromatic rings. The molecule has 1 amide bonds. The zero-order valence-electron chi connectivity index (χ0n) is 15.2. The molecule has 0 bridgehead atoms. The number of hydrogen-bond acceptors (Lipinski definition) is 7. The minimum Gasteiger partial charge on any atom is -0.360 e. The Kier molecular flexibility index (Phi) is 4.49. The number of carbonyl (C=O) groups is 1. The van der Waals surface area contributed by atoms with Crippen LogP contribution in [0.4, 0.5) is 5.82 Å². The summed E-state index contributed by atoms with van der Waals surface area (Å²) in [7, 11) is 1.86. The molecule has 9 nitrogen and oxygen atoms in total. The Labute approximate surface area is 156 Å². The monoisotopic (exact) mass is 364 g/mol. The summed E-state index contributed by atoms with van der Waals surface area (Å²) >= 11 is 0. The molecule has 138 valence electrons. The molecule has 0 radical (unpaired) electrons. The van der Waals surface area contributed by atoms with Crippen LogP contribution < -0.4 is 5.32 Å². The molecule has 0 saturated heterocycles. The average Bonchev–Trinajstić information content (AvgIpc) is 3.14. The fraction of sp³-hybridized carbons (Fsp3) is 0.333. The lowest BCUT2D eigenvalue weighted by atomic mass is 10.0. The predicted octanol–water partition coefficient (Wildman–Crippen LogP) is 1.37. The molecule has 0 fully saturated rings. The second kappa shape index (κ2) is 7.10. The maximum absolute atomic E-state index is 12.7. The number of anilines is 1. The minimum atomic E-state index is -0.0495. The highest BCUT2D eigenvalue weighted by atomic mass is 16.2. The second-order valence-electron chi connectivity index (χ2n) is 6.47. The molecule has 0 unspecified atom stereocenters. The molecule has 0 spiro atoms. The van der Waals surface area contributed by atoms with Crippen LogP contribution >= 0.6 is 0 Å². The van der Waals surface area contributed by atoms with Crippen LogP contribution in [0.3, 0.4) is 0 Å². The fourth-order valence-corrected chi connectivity index (χ4v) is 3.29. The van der Waals surface area contributed by atoms with E-state index in [4.69, 9.17) is 0 Å². The largest absolute Gasteiger partial charge is 0.360 e. The molecule has 1 aliphatic heterocycles.